The van der Waals surface area contributed by atoms with Gasteiger partial charge in [-0.05, 0) is 5.92 Å². The monoisotopic (exact) mass is 139 g/mol. The maximum absolute atomic E-state index is 5.79. The summed E-state index contributed by atoms with van der Waals surface area (Å²) in [4.78, 5) is 7.04. The number of nitrogens with one attached hydrogen (secondary N) is 1. The molecule has 1 aromatic heterocycles. The summed E-state index contributed by atoms with van der Waals surface area (Å²) in [5, 5.41) is 0. The molecule has 3 heteroatoms. The summed E-state index contributed by atoms with van der Waals surface area (Å²) in [6.45, 7) is 4.15. The summed E-state index contributed by atoms with van der Waals surface area (Å²) in [6.07, 6.45) is 3.51. The van der Waals surface area contributed by atoms with E-state index >= 15 is 0 Å². The molecule has 10 heavy (non-hydrogen) atoms. The van der Waals surface area contributed by atoms with Gasteiger partial charge in [-0.3, -0.25) is 0 Å². The van der Waals surface area contributed by atoms with Gasteiger partial charge in [0, 0.05) is 12.4 Å². The molecular weight excluding hydrogens is 126 g/mol. The highest BCUT2D eigenvalue weighted by Crippen LogP contribution is 2.13. The minimum absolute atomic E-state index is 0.0370. The Balaban J connectivity index is 2.68. The van der Waals surface area contributed by atoms with Crippen LogP contribution in [0.25, 0.3) is 0 Å². The lowest BCUT2D eigenvalue weighted by atomic mass is 10.1. The Kier molecular flexibility index (Phi) is 2.06. The second kappa shape index (κ2) is 2.84. The zero-order valence-electron chi connectivity index (χ0n) is 6.33. The summed E-state index contributed by atoms with van der Waals surface area (Å²) in [7, 11) is 0. The first-order valence-corrected chi connectivity index (χ1v) is 3.46. The molecule has 1 aromatic rings. The topological polar surface area (TPSA) is 54.7 Å². The smallest absolute Gasteiger partial charge is 0.123 e. The number of hydrogen-bond donors (Lipinski definition) is 2. The van der Waals surface area contributed by atoms with Crippen molar-refractivity contribution in [2.45, 2.75) is 19.9 Å². The lowest BCUT2D eigenvalue weighted by Crippen LogP contribution is -2.17. The molecule has 3 N–H and O–H groups in total. The quantitative estimate of drug-likeness (QED) is 0.643. The van der Waals surface area contributed by atoms with Crippen LogP contribution in [0.4, 0.5) is 0 Å². The van der Waals surface area contributed by atoms with Gasteiger partial charge in [0.15, 0.2) is 0 Å². The van der Waals surface area contributed by atoms with Crippen molar-refractivity contribution in [3.8, 4) is 0 Å². The van der Waals surface area contributed by atoms with E-state index in [2.05, 4.69) is 23.8 Å². The van der Waals surface area contributed by atoms with E-state index in [0.29, 0.717) is 5.92 Å². The fraction of sp³-hybridized carbons (Fsp3) is 0.571. The van der Waals surface area contributed by atoms with E-state index in [4.69, 9.17) is 5.73 Å². The predicted octanol–water partition coefficient (Wildman–Crippen LogP) is 1.07. The normalized spacial score (nSPS) is 14.0. The highest BCUT2D eigenvalue weighted by atomic mass is 14.9. The Hall–Kier alpha value is -0.830. The highest BCUT2D eigenvalue weighted by molar-refractivity contribution is 4.94. The first-order valence-electron chi connectivity index (χ1n) is 3.46. The lowest BCUT2D eigenvalue weighted by molar-refractivity contribution is 0.494. The first kappa shape index (κ1) is 7.28. The summed E-state index contributed by atoms with van der Waals surface area (Å²) < 4.78 is 0. The molecule has 0 saturated heterocycles. The number of rotatable bonds is 2. The molecule has 0 saturated carbocycles. The molecule has 0 fully saturated rings. The van der Waals surface area contributed by atoms with Gasteiger partial charge in [-0.2, -0.15) is 0 Å². The SMILES string of the molecule is CC(C)C(N)c1ncc[nH]1. The fourth-order valence-electron chi connectivity index (χ4n) is 0.776. The van der Waals surface area contributed by atoms with Gasteiger partial charge in [0.1, 0.15) is 5.82 Å². The molecule has 0 aliphatic carbocycles. The molecule has 0 radical (unpaired) electrons. The molecule has 3 nitrogen and oxygen atoms in total. The number of nitrogens with two attached hydrogens (primary N) is 1. The van der Waals surface area contributed by atoms with Crippen LogP contribution in [0.15, 0.2) is 12.4 Å². The molecule has 0 aliphatic rings. The van der Waals surface area contributed by atoms with Gasteiger partial charge in [-0.1, -0.05) is 13.8 Å². The average molecular weight is 139 g/mol. The molecule has 56 valence electrons. The molecule has 1 heterocycles. The van der Waals surface area contributed by atoms with Crippen LogP contribution in [0, 0.1) is 5.92 Å². The Morgan fingerprint density at radius 1 is 1.60 bits per heavy atom. The number of H-pyrrole nitrogens is 1. The molecule has 0 aliphatic heterocycles. The number of aromatic amines is 1. The molecule has 0 aromatic carbocycles. The third-order valence-electron chi connectivity index (χ3n) is 1.55. The second-order valence-electron chi connectivity index (χ2n) is 2.74. The van der Waals surface area contributed by atoms with Gasteiger partial charge in [0.05, 0.1) is 6.04 Å². The van der Waals surface area contributed by atoms with Crippen LogP contribution in [0.3, 0.4) is 0 Å². The molecule has 1 atom stereocenters. The number of imidazole rings is 1. The van der Waals surface area contributed by atoms with Crippen LogP contribution in [-0.4, -0.2) is 9.97 Å². The largest absolute Gasteiger partial charge is 0.347 e. The van der Waals surface area contributed by atoms with E-state index in [0.717, 1.165) is 5.82 Å². The van der Waals surface area contributed by atoms with Crippen LogP contribution in [-0.2, 0) is 0 Å². The minimum atomic E-state index is 0.0370. The van der Waals surface area contributed by atoms with E-state index in [1.807, 2.05) is 0 Å². The highest BCUT2D eigenvalue weighted by Gasteiger charge is 2.11. The van der Waals surface area contributed by atoms with Crippen molar-refractivity contribution in [3.05, 3.63) is 18.2 Å². The first-order chi connectivity index (χ1) is 4.72. The zero-order chi connectivity index (χ0) is 7.56. The Bertz CT molecular complexity index is 179. The third-order valence-corrected chi connectivity index (χ3v) is 1.55. The summed E-state index contributed by atoms with van der Waals surface area (Å²) >= 11 is 0. The lowest BCUT2D eigenvalue weighted by Gasteiger charge is -2.11. The Morgan fingerprint density at radius 3 is 2.70 bits per heavy atom. The average Bonchev–Trinajstić information content (AvgIpc) is 2.36. The van der Waals surface area contributed by atoms with Crippen LogP contribution >= 0.6 is 0 Å². The van der Waals surface area contributed by atoms with Gasteiger partial charge < -0.3 is 10.7 Å². The minimum Gasteiger partial charge on any atom is -0.347 e. The Morgan fingerprint density at radius 2 is 2.30 bits per heavy atom. The Labute approximate surface area is 60.7 Å². The van der Waals surface area contributed by atoms with Crippen molar-refractivity contribution in [1.82, 2.24) is 9.97 Å². The zero-order valence-corrected chi connectivity index (χ0v) is 6.33. The van der Waals surface area contributed by atoms with Crippen LogP contribution in [0.5, 0.6) is 0 Å². The summed E-state index contributed by atoms with van der Waals surface area (Å²) in [5.41, 5.74) is 5.79. The van der Waals surface area contributed by atoms with Gasteiger partial charge in [-0.25, -0.2) is 4.98 Å². The standard InChI is InChI=1S/C7H13N3/c1-5(2)6(8)7-9-3-4-10-7/h3-6H,8H2,1-2H3,(H,9,10). The molecule has 0 spiro atoms. The maximum atomic E-state index is 5.79. The second-order valence-corrected chi connectivity index (χ2v) is 2.74. The fourth-order valence-corrected chi connectivity index (χ4v) is 0.776. The van der Waals surface area contributed by atoms with Crippen LogP contribution in [0.1, 0.15) is 25.7 Å². The third kappa shape index (κ3) is 1.36. The molecule has 1 rings (SSSR count). The van der Waals surface area contributed by atoms with Gasteiger partial charge >= 0.3 is 0 Å². The maximum Gasteiger partial charge on any atom is 0.123 e. The van der Waals surface area contributed by atoms with E-state index < -0.39 is 0 Å². The van der Waals surface area contributed by atoms with Crippen molar-refractivity contribution < 1.29 is 0 Å². The summed E-state index contributed by atoms with van der Waals surface area (Å²) in [5.74, 6) is 1.31. The molecule has 0 amide bonds. The molecule has 1 unspecified atom stereocenters. The van der Waals surface area contributed by atoms with Crippen molar-refractivity contribution in [3.63, 3.8) is 0 Å². The van der Waals surface area contributed by atoms with Crippen molar-refractivity contribution in [2.75, 3.05) is 0 Å². The predicted molar refractivity (Wildman–Crippen MR) is 40.4 cm³/mol. The molecular formula is C7H13N3. The van der Waals surface area contributed by atoms with Crippen LogP contribution < -0.4 is 5.73 Å². The summed E-state index contributed by atoms with van der Waals surface area (Å²) in [6, 6.07) is 0.0370. The van der Waals surface area contributed by atoms with Crippen molar-refractivity contribution in [1.29, 1.82) is 0 Å². The van der Waals surface area contributed by atoms with E-state index in [9.17, 15) is 0 Å². The van der Waals surface area contributed by atoms with Crippen molar-refractivity contribution in [2.24, 2.45) is 11.7 Å². The van der Waals surface area contributed by atoms with E-state index in [-0.39, 0.29) is 6.04 Å². The van der Waals surface area contributed by atoms with Crippen molar-refractivity contribution >= 4 is 0 Å². The van der Waals surface area contributed by atoms with Crippen LogP contribution in [0.2, 0.25) is 0 Å². The number of nitrogens with zero attached hydrogens (tertiary/aromatic N) is 1. The van der Waals surface area contributed by atoms with Gasteiger partial charge in [-0.15, -0.1) is 0 Å². The number of hydrogen-bond acceptors (Lipinski definition) is 2. The number of aromatic nitrogens is 2. The van der Waals surface area contributed by atoms with E-state index in [1.165, 1.54) is 0 Å². The molecule has 0 bridgehead atoms. The van der Waals surface area contributed by atoms with Gasteiger partial charge in [0.2, 0.25) is 0 Å². The van der Waals surface area contributed by atoms with Gasteiger partial charge in [0.25, 0.3) is 0 Å². The van der Waals surface area contributed by atoms with E-state index in [1.54, 1.807) is 12.4 Å².